The molecule has 3 rings (SSSR count). The number of fused-ring (bicyclic) bond motifs is 1. The van der Waals surface area contributed by atoms with E-state index in [1.54, 1.807) is 18.0 Å². The highest BCUT2D eigenvalue weighted by molar-refractivity contribution is 5.99. The van der Waals surface area contributed by atoms with E-state index in [2.05, 4.69) is 10.4 Å². The Morgan fingerprint density at radius 1 is 1.28 bits per heavy atom. The molecule has 2 aromatic heterocycles. The zero-order valence-corrected chi connectivity index (χ0v) is 15.2. The molecule has 1 amide bonds. The maximum Gasteiger partial charge on any atom is 0.287 e. The number of methoxy groups -OCH3 is 1. The number of aromatic nitrogens is 2. The fraction of sp³-hybridized carbons (Fsp3) is 0.368. The molecule has 1 aromatic carbocycles. The van der Waals surface area contributed by atoms with Crippen LogP contribution >= 0.6 is 0 Å². The lowest BCUT2D eigenvalue weighted by Gasteiger charge is -2.17. The van der Waals surface area contributed by atoms with Crippen LogP contribution in [-0.2, 0) is 11.8 Å². The van der Waals surface area contributed by atoms with Gasteiger partial charge in [0.1, 0.15) is 5.58 Å². The van der Waals surface area contributed by atoms with Gasteiger partial charge in [0.05, 0.1) is 18.3 Å². The molecule has 0 radical (unpaired) electrons. The Kier molecular flexibility index (Phi) is 4.63. The lowest BCUT2D eigenvalue weighted by Crippen LogP contribution is -2.32. The molecule has 6 heteroatoms. The molecule has 0 aliphatic rings. The summed E-state index contributed by atoms with van der Waals surface area (Å²) in [6.07, 6.45) is 1.70. The first-order valence-electron chi connectivity index (χ1n) is 8.21. The van der Waals surface area contributed by atoms with Crippen molar-refractivity contribution in [1.82, 2.24) is 15.1 Å². The molecule has 25 heavy (non-hydrogen) atoms. The van der Waals surface area contributed by atoms with Gasteiger partial charge in [0.2, 0.25) is 0 Å². The summed E-state index contributed by atoms with van der Waals surface area (Å²) < 4.78 is 12.9. The van der Waals surface area contributed by atoms with Gasteiger partial charge in [-0.25, -0.2) is 0 Å². The largest absolute Gasteiger partial charge is 0.450 e. The number of aryl methyl sites for hydroxylation is 4. The quantitative estimate of drug-likeness (QED) is 0.774. The first kappa shape index (κ1) is 17.2. The van der Waals surface area contributed by atoms with Gasteiger partial charge in [0.15, 0.2) is 5.76 Å². The summed E-state index contributed by atoms with van der Waals surface area (Å²) >= 11 is 0. The van der Waals surface area contributed by atoms with E-state index in [0.717, 1.165) is 33.4 Å². The van der Waals surface area contributed by atoms with E-state index in [4.69, 9.17) is 9.15 Å². The fourth-order valence-corrected chi connectivity index (χ4v) is 3.05. The fourth-order valence-electron chi connectivity index (χ4n) is 3.05. The van der Waals surface area contributed by atoms with Gasteiger partial charge in [-0.15, -0.1) is 0 Å². The maximum atomic E-state index is 12.8. The van der Waals surface area contributed by atoms with Crippen LogP contribution in [0.3, 0.4) is 0 Å². The number of nitrogens with zero attached hydrogens (tertiary/aromatic N) is 2. The third-order valence-electron chi connectivity index (χ3n) is 4.69. The molecule has 0 saturated carbocycles. The number of carbonyl (C=O) groups excluding carboxylic acids is 1. The molecule has 2 heterocycles. The molecule has 0 aliphatic carbocycles. The zero-order chi connectivity index (χ0) is 18.1. The number of benzene rings is 1. The summed E-state index contributed by atoms with van der Waals surface area (Å²) in [7, 11) is 3.44. The molecule has 0 spiro atoms. The molecule has 3 aromatic rings. The standard InChI is InChI=1S/C19H23N3O3/c1-11-6-7-14-13(3)18(25-17(14)12(11)2)19(23)21-15(10-24-5)16-8-9-20-22(16)4/h6-9,15H,10H2,1-5H3,(H,21,23). The van der Waals surface area contributed by atoms with Crippen molar-refractivity contribution >= 4 is 16.9 Å². The minimum absolute atomic E-state index is 0.256. The van der Waals surface area contributed by atoms with Crippen LogP contribution in [0.25, 0.3) is 11.0 Å². The third-order valence-corrected chi connectivity index (χ3v) is 4.69. The third kappa shape index (κ3) is 3.05. The van der Waals surface area contributed by atoms with Crippen LogP contribution in [0.4, 0.5) is 0 Å². The highest BCUT2D eigenvalue weighted by atomic mass is 16.5. The summed E-state index contributed by atoms with van der Waals surface area (Å²) in [5, 5.41) is 8.12. The lowest BCUT2D eigenvalue weighted by atomic mass is 10.0. The van der Waals surface area contributed by atoms with Gasteiger partial charge in [0, 0.05) is 31.3 Å². The normalized spacial score (nSPS) is 12.5. The van der Waals surface area contributed by atoms with Gasteiger partial charge in [-0.1, -0.05) is 12.1 Å². The van der Waals surface area contributed by atoms with E-state index in [0.29, 0.717) is 12.4 Å². The molecule has 132 valence electrons. The van der Waals surface area contributed by atoms with Gasteiger partial charge >= 0.3 is 0 Å². The van der Waals surface area contributed by atoms with E-state index in [1.807, 2.05) is 46.0 Å². The minimum Gasteiger partial charge on any atom is -0.450 e. The Balaban J connectivity index is 1.95. The number of hydrogen-bond donors (Lipinski definition) is 1. The van der Waals surface area contributed by atoms with E-state index in [-0.39, 0.29) is 11.9 Å². The summed E-state index contributed by atoms with van der Waals surface area (Å²) in [4.78, 5) is 12.8. The number of carbonyl (C=O) groups is 1. The zero-order valence-electron chi connectivity index (χ0n) is 15.2. The molecule has 6 nitrogen and oxygen atoms in total. The van der Waals surface area contributed by atoms with Crippen molar-refractivity contribution < 1.29 is 13.9 Å². The van der Waals surface area contributed by atoms with Gasteiger partial charge < -0.3 is 14.5 Å². The SMILES string of the molecule is COCC(NC(=O)c1oc2c(C)c(C)ccc2c1C)c1ccnn1C. The number of amides is 1. The molecular weight excluding hydrogens is 318 g/mol. The van der Waals surface area contributed by atoms with E-state index < -0.39 is 0 Å². The van der Waals surface area contributed by atoms with Crippen molar-refractivity contribution in [2.24, 2.45) is 7.05 Å². The van der Waals surface area contributed by atoms with Gasteiger partial charge in [0.25, 0.3) is 5.91 Å². The van der Waals surface area contributed by atoms with E-state index in [1.165, 1.54) is 0 Å². The first-order valence-corrected chi connectivity index (χ1v) is 8.21. The molecule has 0 fully saturated rings. The molecule has 0 saturated heterocycles. The average molecular weight is 341 g/mol. The topological polar surface area (TPSA) is 69.3 Å². The number of rotatable bonds is 5. The minimum atomic E-state index is -0.305. The van der Waals surface area contributed by atoms with Crippen LogP contribution in [0.1, 0.15) is 39.0 Å². The Morgan fingerprint density at radius 3 is 2.68 bits per heavy atom. The van der Waals surface area contributed by atoms with Gasteiger partial charge in [-0.2, -0.15) is 5.10 Å². The Labute approximate surface area is 146 Å². The molecule has 0 bridgehead atoms. The van der Waals surface area contributed by atoms with Crippen molar-refractivity contribution in [2.45, 2.75) is 26.8 Å². The number of furan rings is 1. The maximum absolute atomic E-state index is 12.8. The summed E-state index contributed by atoms with van der Waals surface area (Å²) in [5.74, 6) is 0.0842. The van der Waals surface area contributed by atoms with Crippen LogP contribution in [0.5, 0.6) is 0 Å². The van der Waals surface area contributed by atoms with Crippen LogP contribution in [0.15, 0.2) is 28.8 Å². The van der Waals surface area contributed by atoms with Crippen molar-refractivity contribution in [3.05, 3.63) is 52.5 Å². The van der Waals surface area contributed by atoms with Crippen molar-refractivity contribution in [3.8, 4) is 0 Å². The second-order valence-electron chi connectivity index (χ2n) is 6.30. The highest BCUT2D eigenvalue weighted by Gasteiger charge is 2.23. The van der Waals surface area contributed by atoms with Crippen molar-refractivity contribution in [2.75, 3.05) is 13.7 Å². The van der Waals surface area contributed by atoms with Gasteiger partial charge in [-0.3, -0.25) is 9.48 Å². The van der Waals surface area contributed by atoms with Crippen LogP contribution < -0.4 is 5.32 Å². The second kappa shape index (κ2) is 6.72. The van der Waals surface area contributed by atoms with E-state index >= 15 is 0 Å². The highest BCUT2D eigenvalue weighted by Crippen LogP contribution is 2.29. The molecule has 0 aliphatic heterocycles. The smallest absolute Gasteiger partial charge is 0.287 e. The van der Waals surface area contributed by atoms with Gasteiger partial charge in [-0.05, 0) is 38.0 Å². The van der Waals surface area contributed by atoms with Crippen LogP contribution in [-0.4, -0.2) is 29.4 Å². The van der Waals surface area contributed by atoms with Crippen LogP contribution in [0.2, 0.25) is 0 Å². The molecule has 1 unspecified atom stereocenters. The number of nitrogens with one attached hydrogen (secondary N) is 1. The Bertz CT molecular complexity index is 924. The van der Waals surface area contributed by atoms with E-state index in [9.17, 15) is 4.79 Å². The summed E-state index contributed by atoms with van der Waals surface area (Å²) in [6, 6.07) is 5.61. The number of hydrogen-bond acceptors (Lipinski definition) is 4. The second-order valence-corrected chi connectivity index (χ2v) is 6.30. The Hall–Kier alpha value is -2.60. The first-order chi connectivity index (χ1) is 11.9. The predicted octanol–water partition coefficient (Wildman–Crippen LogP) is 3.21. The van der Waals surface area contributed by atoms with Crippen molar-refractivity contribution in [1.29, 1.82) is 0 Å². The summed E-state index contributed by atoms with van der Waals surface area (Å²) in [6.45, 7) is 6.29. The predicted molar refractivity (Wildman–Crippen MR) is 95.7 cm³/mol. The number of ether oxygens (including phenoxy) is 1. The molecule has 1 atom stereocenters. The molecular formula is C19H23N3O3. The van der Waals surface area contributed by atoms with Crippen LogP contribution in [0, 0.1) is 20.8 Å². The van der Waals surface area contributed by atoms with Crippen molar-refractivity contribution in [3.63, 3.8) is 0 Å². The Morgan fingerprint density at radius 2 is 2.04 bits per heavy atom. The monoisotopic (exact) mass is 341 g/mol. The lowest BCUT2D eigenvalue weighted by molar-refractivity contribution is 0.0866. The average Bonchev–Trinajstić information content (AvgIpc) is 3.15. The molecule has 1 N–H and O–H groups in total. The summed E-state index contributed by atoms with van der Waals surface area (Å²) in [5.41, 5.74) is 4.68.